The number of anilines is 1. The topological polar surface area (TPSA) is 15.3 Å². The van der Waals surface area contributed by atoms with Gasteiger partial charge in [-0.25, -0.2) is 0 Å². The highest BCUT2D eigenvalue weighted by molar-refractivity contribution is 9.10. The molecule has 1 aliphatic heterocycles. The number of benzene rings is 1. The molecule has 1 saturated heterocycles. The molecule has 2 unspecified atom stereocenters. The molecular formula is C16H25BrN2. The second kappa shape index (κ2) is 6.76. The van der Waals surface area contributed by atoms with Gasteiger partial charge in [-0.05, 0) is 43.5 Å². The molecule has 1 aromatic rings. The number of hydrogen-bond donors (Lipinski definition) is 1. The second-order valence-corrected chi connectivity index (χ2v) is 6.35. The Morgan fingerprint density at radius 2 is 2.21 bits per heavy atom. The van der Waals surface area contributed by atoms with Gasteiger partial charge in [0.15, 0.2) is 0 Å². The SMILES string of the molecule is CCNC(C)c1ccc(N2CCC(CC)C2)cc1Br. The van der Waals surface area contributed by atoms with Gasteiger partial charge >= 0.3 is 0 Å². The maximum absolute atomic E-state index is 3.73. The van der Waals surface area contributed by atoms with E-state index in [1.165, 1.54) is 41.7 Å². The molecule has 1 aromatic carbocycles. The minimum Gasteiger partial charge on any atom is -0.371 e. The predicted octanol–water partition coefficient (Wildman–Crippen LogP) is 4.36. The van der Waals surface area contributed by atoms with E-state index in [9.17, 15) is 0 Å². The van der Waals surface area contributed by atoms with Crippen molar-refractivity contribution in [2.45, 2.75) is 39.7 Å². The summed E-state index contributed by atoms with van der Waals surface area (Å²) in [6.07, 6.45) is 2.64. The van der Waals surface area contributed by atoms with Crippen LogP contribution in [0.3, 0.4) is 0 Å². The van der Waals surface area contributed by atoms with Crippen molar-refractivity contribution in [1.29, 1.82) is 0 Å². The Balaban J connectivity index is 2.11. The third-order valence-electron chi connectivity index (χ3n) is 4.19. The molecular weight excluding hydrogens is 300 g/mol. The Kier molecular flexibility index (Phi) is 5.28. The Hall–Kier alpha value is -0.540. The van der Waals surface area contributed by atoms with Crippen molar-refractivity contribution in [3.63, 3.8) is 0 Å². The number of hydrogen-bond acceptors (Lipinski definition) is 2. The summed E-state index contributed by atoms with van der Waals surface area (Å²) in [5.41, 5.74) is 2.70. The summed E-state index contributed by atoms with van der Waals surface area (Å²) in [7, 11) is 0. The van der Waals surface area contributed by atoms with Gasteiger partial charge in [0.25, 0.3) is 0 Å². The van der Waals surface area contributed by atoms with Crippen LogP contribution in [-0.2, 0) is 0 Å². The summed E-state index contributed by atoms with van der Waals surface area (Å²) in [6.45, 7) is 10.1. The number of halogens is 1. The van der Waals surface area contributed by atoms with Crippen LogP contribution in [0.2, 0.25) is 0 Å². The van der Waals surface area contributed by atoms with E-state index in [0.717, 1.165) is 12.5 Å². The fourth-order valence-corrected chi connectivity index (χ4v) is 3.59. The average molecular weight is 325 g/mol. The third kappa shape index (κ3) is 3.51. The molecule has 2 rings (SSSR count). The van der Waals surface area contributed by atoms with Crippen LogP contribution in [0.15, 0.2) is 22.7 Å². The van der Waals surface area contributed by atoms with Gasteiger partial charge in [-0.1, -0.05) is 42.3 Å². The Morgan fingerprint density at radius 3 is 2.79 bits per heavy atom. The third-order valence-corrected chi connectivity index (χ3v) is 4.88. The number of rotatable bonds is 5. The zero-order chi connectivity index (χ0) is 13.8. The Labute approximate surface area is 125 Å². The van der Waals surface area contributed by atoms with Gasteiger partial charge in [-0.2, -0.15) is 0 Å². The van der Waals surface area contributed by atoms with Gasteiger partial charge in [0.05, 0.1) is 0 Å². The first kappa shape index (κ1) is 14.9. The highest BCUT2D eigenvalue weighted by Crippen LogP contribution is 2.31. The molecule has 1 fully saturated rings. The normalized spacial score (nSPS) is 20.8. The zero-order valence-electron chi connectivity index (χ0n) is 12.2. The van der Waals surface area contributed by atoms with E-state index in [-0.39, 0.29) is 0 Å². The van der Waals surface area contributed by atoms with Crippen LogP contribution in [0, 0.1) is 5.92 Å². The van der Waals surface area contributed by atoms with Crippen LogP contribution in [0.5, 0.6) is 0 Å². The van der Waals surface area contributed by atoms with E-state index in [1.807, 2.05) is 0 Å². The van der Waals surface area contributed by atoms with Crippen LogP contribution in [0.1, 0.15) is 45.2 Å². The molecule has 19 heavy (non-hydrogen) atoms. The van der Waals surface area contributed by atoms with Gasteiger partial charge in [0.2, 0.25) is 0 Å². The lowest BCUT2D eigenvalue weighted by atomic mass is 10.1. The van der Waals surface area contributed by atoms with Gasteiger partial charge in [0, 0.05) is 29.3 Å². The molecule has 1 heterocycles. The standard InChI is InChI=1S/C16H25BrN2/c1-4-13-8-9-19(11-13)14-6-7-15(16(17)10-14)12(3)18-5-2/h6-7,10,12-13,18H,4-5,8-9,11H2,1-3H3. The van der Waals surface area contributed by atoms with Crippen molar-refractivity contribution in [2.75, 3.05) is 24.5 Å². The molecule has 0 bridgehead atoms. The molecule has 2 atom stereocenters. The van der Waals surface area contributed by atoms with Crippen molar-refractivity contribution in [3.8, 4) is 0 Å². The van der Waals surface area contributed by atoms with Crippen molar-refractivity contribution in [2.24, 2.45) is 5.92 Å². The van der Waals surface area contributed by atoms with Crippen molar-refractivity contribution in [1.82, 2.24) is 5.32 Å². The summed E-state index contributed by atoms with van der Waals surface area (Å²) in [5, 5.41) is 3.46. The van der Waals surface area contributed by atoms with Crippen molar-refractivity contribution in [3.05, 3.63) is 28.2 Å². The summed E-state index contributed by atoms with van der Waals surface area (Å²) in [6, 6.07) is 7.20. The molecule has 1 N–H and O–H groups in total. The summed E-state index contributed by atoms with van der Waals surface area (Å²) < 4.78 is 1.22. The quantitative estimate of drug-likeness (QED) is 0.865. The largest absolute Gasteiger partial charge is 0.371 e. The minimum atomic E-state index is 0.399. The fraction of sp³-hybridized carbons (Fsp3) is 0.625. The van der Waals surface area contributed by atoms with Gasteiger partial charge in [-0.3, -0.25) is 0 Å². The van der Waals surface area contributed by atoms with E-state index >= 15 is 0 Å². The van der Waals surface area contributed by atoms with Crippen LogP contribution in [-0.4, -0.2) is 19.6 Å². The molecule has 2 nitrogen and oxygen atoms in total. The van der Waals surface area contributed by atoms with Crippen LogP contribution >= 0.6 is 15.9 Å². The highest BCUT2D eigenvalue weighted by atomic mass is 79.9. The summed E-state index contributed by atoms with van der Waals surface area (Å²) in [4.78, 5) is 2.51. The minimum absolute atomic E-state index is 0.399. The van der Waals surface area contributed by atoms with Crippen molar-refractivity contribution >= 4 is 21.6 Å². The fourth-order valence-electron chi connectivity index (χ4n) is 2.88. The molecule has 3 heteroatoms. The lowest BCUT2D eigenvalue weighted by Gasteiger charge is -2.21. The highest BCUT2D eigenvalue weighted by Gasteiger charge is 2.21. The summed E-state index contributed by atoms with van der Waals surface area (Å²) in [5.74, 6) is 0.874. The molecule has 106 valence electrons. The van der Waals surface area contributed by atoms with Gasteiger partial charge < -0.3 is 10.2 Å². The molecule has 0 aliphatic carbocycles. The van der Waals surface area contributed by atoms with E-state index in [1.54, 1.807) is 0 Å². The first-order valence-corrected chi connectivity index (χ1v) is 8.22. The van der Waals surface area contributed by atoms with Gasteiger partial charge in [-0.15, -0.1) is 0 Å². The molecule has 0 radical (unpaired) electrons. The molecule has 0 aromatic heterocycles. The van der Waals surface area contributed by atoms with Crippen LogP contribution in [0.25, 0.3) is 0 Å². The first-order chi connectivity index (χ1) is 9.15. The molecule has 0 spiro atoms. The molecule has 1 aliphatic rings. The van der Waals surface area contributed by atoms with Crippen LogP contribution < -0.4 is 10.2 Å². The average Bonchev–Trinajstić information content (AvgIpc) is 2.87. The summed E-state index contributed by atoms with van der Waals surface area (Å²) >= 11 is 3.73. The smallest absolute Gasteiger partial charge is 0.0377 e. The zero-order valence-corrected chi connectivity index (χ0v) is 13.8. The first-order valence-electron chi connectivity index (χ1n) is 7.43. The van der Waals surface area contributed by atoms with E-state index in [4.69, 9.17) is 0 Å². The van der Waals surface area contributed by atoms with Gasteiger partial charge in [0.1, 0.15) is 0 Å². The van der Waals surface area contributed by atoms with Crippen molar-refractivity contribution < 1.29 is 0 Å². The lowest BCUT2D eigenvalue weighted by molar-refractivity contribution is 0.569. The maximum Gasteiger partial charge on any atom is 0.0377 e. The van der Waals surface area contributed by atoms with E-state index in [2.05, 4.69) is 65.1 Å². The Bertz CT molecular complexity index is 419. The molecule has 0 saturated carbocycles. The van der Waals surface area contributed by atoms with E-state index < -0.39 is 0 Å². The molecule has 0 amide bonds. The van der Waals surface area contributed by atoms with E-state index in [0.29, 0.717) is 6.04 Å². The Morgan fingerprint density at radius 1 is 1.42 bits per heavy atom. The maximum atomic E-state index is 3.73. The monoisotopic (exact) mass is 324 g/mol. The van der Waals surface area contributed by atoms with Crippen LogP contribution in [0.4, 0.5) is 5.69 Å². The second-order valence-electron chi connectivity index (χ2n) is 5.49. The number of nitrogens with one attached hydrogen (secondary N) is 1. The number of nitrogens with zero attached hydrogens (tertiary/aromatic N) is 1. The predicted molar refractivity (Wildman–Crippen MR) is 86.8 cm³/mol. The lowest BCUT2D eigenvalue weighted by Crippen LogP contribution is -2.21.